The molecule has 1 aliphatic carbocycles. The largest absolute Gasteiger partial charge is 0.322 e. The zero-order chi connectivity index (χ0) is 15.1. The van der Waals surface area contributed by atoms with Crippen LogP contribution in [0.4, 0.5) is 0 Å². The van der Waals surface area contributed by atoms with E-state index >= 15 is 0 Å². The number of rotatable bonds is 1. The van der Waals surface area contributed by atoms with Crippen molar-refractivity contribution in [2.45, 2.75) is 37.8 Å². The predicted molar refractivity (Wildman–Crippen MR) is 92.7 cm³/mol. The van der Waals surface area contributed by atoms with E-state index in [9.17, 15) is 0 Å². The Hall–Kier alpha value is -0.420. The summed E-state index contributed by atoms with van der Waals surface area (Å²) in [4.78, 5) is 0. The van der Waals surface area contributed by atoms with Gasteiger partial charge < -0.3 is 11.5 Å². The first-order valence-electron chi connectivity index (χ1n) is 6.57. The van der Waals surface area contributed by atoms with Crippen LogP contribution < -0.4 is 11.5 Å². The Kier molecular flexibility index (Phi) is 4.32. The van der Waals surface area contributed by atoms with E-state index < -0.39 is 5.54 Å². The SMILES string of the molecule is CC(C)(C)c1cc(Br)c(C2(N)C=CC=CC2N)c(Br)c1. The van der Waals surface area contributed by atoms with Gasteiger partial charge in [-0.05, 0) is 23.1 Å². The molecule has 0 saturated heterocycles. The highest BCUT2D eigenvalue weighted by Gasteiger charge is 2.35. The molecule has 2 atom stereocenters. The van der Waals surface area contributed by atoms with E-state index in [2.05, 4.69) is 64.8 Å². The lowest BCUT2D eigenvalue weighted by molar-refractivity contribution is 0.487. The number of allylic oxidation sites excluding steroid dienone is 2. The van der Waals surface area contributed by atoms with Crippen LogP contribution in [0, 0.1) is 0 Å². The van der Waals surface area contributed by atoms with Gasteiger partial charge in [0.05, 0.1) is 5.54 Å². The van der Waals surface area contributed by atoms with E-state index in [1.54, 1.807) is 0 Å². The van der Waals surface area contributed by atoms with Gasteiger partial charge in [0.25, 0.3) is 0 Å². The van der Waals surface area contributed by atoms with E-state index in [4.69, 9.17) is 11.5 Å². The van der Waals surface area contributed by atoms with Gasteiger partial charge in [-0.15, -0.1) is 0 Å². The Balaban J connectivity index is 2.60. The van der Waals surface area contributed by atoms with E-state index in [-0.39, 0.29) is 11.5 Å². The van der Waals surface area contributed by atoms with Crippen LogP contribution in [0.25, 0.3) is 0 Å². The van der Waals surface area contributed by atoms with Gasteiger partial charge in [-0.2, -0.15) is 0 Å². The summed E-state index contributed by atoms with van der Waals surface area (Å²) in [6.45, 7) is 6.57. The van der Waals surface area contributed by atoms with Gasteiger partial charge in [-0.3, -0.25) is 0 Å². The Morgan fingerprint density at radius 2 is 1.65 bits per heavy atom. The first-order valence-corrected chi connectivity index (χ1v) is 8.15. The fraction of sp³-hybridized carbons (Fsp3) is 0.375. The number of hydrogen-bond acceptors (Lipinski definition) is 2. The van der Waals surface area contributed by atoms with Gasteiger partial charge in [0.15, 0.2) is 0 Å². The lowest BCUT2D eigenvalue weighted by atomic mass is 9.79. The number of nitrogens with two attached hydrogens (primary N) is 2. The molecular weight excluding hydrogens is 380 g/mol. The van der Waals surface area contributed by atoms with Crippen LogP contribution in [0.2, 0.25) is 0 Å². The van der Waals surface area contributed by atoms with Gasteiger partial charge in [0, 0.05) is 20.6 Å². The van der Waals surface area contributed by atoms with Crippen LogP contribution in [0.15, 0.2) is 45.4 Å². The first kappa shape index (κ1) is 16.0. The molecule has 1 aromatic carbocycles. The van der Waals surface area contributed by atoms with Crippen molar-refractivity contribution in [3.05, 3.63) is 56.5 Å². The van der Waals surface area contributed by atoms with Crippen molar-refractivity contribution in [1.29, 1.82) is 0 Å². The van der Waals surface area contributed by atoms with Crippen molar-refractivity contribution in [3.8, 4) is 0 Å². The molecule has 4 heteroatoms. The molecule has 0 aliphatic heterocycles. The number of hydrogen-bond donors (Lipinski definition) is 2. The Bertz CT molecular complexity index is 562. The first-order chi connectivity index (χ1) is 9.16. The normalized spacial score (nSPS) is 26.1. The lowest BCUT2D eigenvalue weighted by Gasteiger charge is -2.35. The molecule has 0 heterocycles. The van der Waals surface area contributed by atoms with Crippen molar-refractivity contribution in [2.75, 3.05) is 0 Å². The van der Waals surface area contributed by atoms with E-state index in [0.29, 0.717) is 0 Å². The highest BCUT2D eigenvalue weighted by atomic mass is 79.9. The zero-order valence-corrected chi connectivity index (χ0v) is 15.1. The van der Waals surface area contributed by atoms with Gasteiger partial charge in [-0.1, -0.05) is 76.9 Å². The average molecular weight is 400 g/mol. The second-order valence-electron chi connectivity index (χ2n) is 6.27. The molecule has 0 saturated carbocycles. The number of benzene rings is 1. The molecule has 2 unspecified atom stereocenters. The third-order valence-electron chi connectivity index (χ3n) is 3.69. The summed E-state index contributed by atoms with van der Waals surface area (Å²) in [7, 11) is 0. The summed E-state index contributed by atoms with van der Waals surface area (Å²) in [5, 5.41) is 0. The highest BCUT2D eigenvalue weighted by molar-refractivity contribution is 9.11. The summed E-state index contributed by atoms with van der Waals surface area (Å²) in [5.41, 5.74) is 14.4. The smallest absolute Gasteiger partial charge is 0.0810 e. The maximum Gasteiger partial charge on any atom is 0.0810 e. The van der Waals surface area contributed by atoms with Crippen molar-refractivity contribution >= 4 is 31.9 Å². The predicted octanol–water partition coefficient (Wildman–Crippen LogP) is 4.12. The Labute approximate surface area is 137 Å². The monoisotopic (exact) mass is 398 g/mol. The molecule has 0 bridgehead atoms. The minimum absolute atomic E-state index is 0.0791. The van der Waals surface area contributed by atoms with Gasteiger partial charge in [0.1, 0.15) is 0 Å². The molecule has 1 aliphatic rings. The van der Waals surface area contributed by atoms with E-state index in [0.717, 1.165) is 14.5 Å². The Morgan fingerprint density at radius 1 is 1.10 bits per heavy atom. The molecule has 0 fully saturated rings. The summed E-state index contributed by atoms with van der Waals surface area (Å²) in [5.74, 6) is 0. The van der Waals surface area contributed by atoms with Crippen LogP contribution >= 0.6 is 31.9 Å². The van der Waals surface area contributed by atoms with Crippen molar-refractivity contribution in [3.63, 3.8) is 0 Å². The average Bonchev–Trinajstić information content (AvgIpc) is 2.31. The second-order valence-corrected chi connectivity index (χ2v) is 7.98. The highest BCUT2D eigenvalue weighted by Crippen LogP contribution is 2.40. The standard InChI is InChI=1S/C16H20Br2N2/c1-15(2,3)10-8-11(17)14(12(18)9-10)16(20)7-5-4-6-13(16)19/h4-9,13H,19-20H2,1-3H3. The fourth-order valence-electron chi connectivity index (χ4n) is 2.34. The second kappa shape index (κ2) is 5.41. The van der Waals surface area contributed by atoms with Crippen LogP contribution in [-0.2, 0) is 11.0 Å². The van der Waals surface area contributed by atoms with Crippen molar-refractivity contribution < 1.29 is 0 Å². The zero-order valence-electron chi connectivity index (χ0n) is 12.0. The topological polar surface area (TPSA) is 52.0 Å². The maximum absolute atomic E-state index is 6.56. The summed E-state index contributed by atoms with van der Waals surface area (Å²) in [6.07, 6.45) is 7.76. The molecule has 0 amide bonds. The minimum Gasteiger partial charge on any atom is -0.322 e. The van der Waals surface area contributed by atoms with Crippen LogP contribution in [0.5, 0.6) is 0 Å². The van der Waals surface area contributed by atoms with Crippen molar-refractivity contribution in [2.24, 2.45) is 11.5 Å². The van der Waals surface area contributed by atoms with Crippen LogP contribution in [-0.4, -0.2) is 6.04 Å². The van der Waals surface area contributed by atoms with Crippen LogP contribution in [0.1, 0.15) is 31.9 Å². The fourth-order valence-corrected chi connectivity index (χ4v) is 4.21. The maximum atomic E-state index is 6.56. The summed E-state index contributed by atoms with van der Waals surface area (Å²) < 4.78 is 1.96. The minimum atomic E-state index is -0.706. The molecule has 2 nitrogen and oxygen atoms in total. The summed E-state index contributed by atoms with van der Waals surface area (Å²) in [6, 6.07) is 4.02. The summed E-state index contributed by atoms with van der Waals surface area (Å²) >= 11 is 7.33. The molecule has 4 N–H and O–H groups in total. The van der Waals surface area contributed by atoms with Crippen LogP contribution in [0.3, 0.4) is 0 Å². The molecule has 0 aromatic heterocycles. The van der Waals surface area contributed by atoms with Crippen molar-refractivity contribution in [1.82, 2.24) is 0 Å². The molecule has 0 radical (unpaired) electrons. The molecule has 2 rings (SSSR count). The quantitative estimate of drug-likeness (QED) is 0.746. The molecule has 20 heavy (non-hydrogen) atoms. The third kappa shape index (κ3) is 2.80. The van der Waals surface area contributed by atoms with Gasteiger partial charge in [-0.25, -0.2) is 0 Å². The lowest BCUT2D eigenvalue weighted by Crippen LogP contribution is -2.51. The molecular formula is C16H20Br2N2. The Morgan fingerprint density at radius 3 is 2.10 bits per heavy atom. The number of halogens is 2. The van der Waals surface area contributed by atoms with Gasteiger partial charge >= 0.3 is 0 Å². The van der Waals surface area contributed by atoms with Gasteiger partial charge in [0.2, 0.25) is 0 Å². The molecule has 0 spiro atoms. The molecule has 1 aromatic rings. The van der Waals surface area contributed by atoms with E-state index in [1.165, 1.54) is 5.56 Å². The van der Waals surface area contributed by atoms with E-state index in [1.807, 2.05) is 24.3 Å². The molecule has 108 valence electrons. The third-order valence-corrected chi connectivity index (χ3v) is 4.95.